The van der Waals surface area contributed by atoms with Crippen LogP contribution in [0.25, 0.3) is 0 Å². The number of hydrogen-bond donors (Lipinski definition) is 3. The second-order valence-corrected chi connectivity index (χ2v) is 5.49. The first-order valence-electron chi connectivity index (χ1n) is 6.89. The summed E-state index contributed by atoms with van der Waals surface area (Å²) in [6.07, 6.45) is 4.16. The van der Waals surface area contributed by atoms with E-state index < -0.39 is 12.1 Å². The van der Waals surface area contributed by atoms with Crippen molar-refractivity contribution >= 4 is 12.0 Å². The molecule has 2 saturated carbocycles. The SMILES string of the molecule is COC(CNC(=O)NCC(C1CC1)C1CC1)C(=O)O. The number of methoxy groups -OCH3 is 1. The molecule has 6 nitrogen and oxygen atoms in total. The third-order valence-electron chi connectivity index (χ3n) is 3.96. The Morgan fingerprint density at radius 3 is 2.11 bits per heavy atom. The summed E-state index contributed by atoms with van der Waals surface area (Å²) in [6.45, 7) is 0.682. The van der Waals surface area contributed by atoms with Gasteiger partial charge in [0.25, 0.3) is 0 Å². The number of aliphatic carboxylic acids is 1. The fourth-order valence-electron chi connectivity index (χ4n) is 2.50. The van der Waals surface area contributed by atoms with Gasteiger partial charge in [0, 0.05) is 13.7 Å². The second-order valence-electron chi connectivity index (χ2n) is 5.49. The smallest absolute Gasteiger partial charge is 0.334 e. The van der Waals surface area contributed by atoms with Gasteiger partial charge in [-0.1, -0.05) is 0 Å². The van der Waals surface area contributed by atoms with Crippen molar-refractivity contribution in [1.82, 2.24) is 10.6 Å². The Bertz CT molecular complexity index is 328. The average Bonchev–Trinajstić information content (AvgIpc) is 3.23. The Morgan fingerprint density at radius 1 is 1.16 bits per heavy atom. The third kappa shape index (κ3) is 4.38. The fraction of sp³-hybridized carbons (Fsp3) is 0.846. The molecule has 0 bridgehead atoms. The van der Waals surface area contributed by atoms with E-state index in [1.165, 1.54) is 32.8 Å². The van der Waals surface area contributed by atoms with E-state index in [4.69, 9.17) is 9.84 Å². The summed E-state index contributed by atoms with van der Waals surface area (Å²) in [5.74, 6) is 1.12. The van der Waals surface area contributed by atoms with Gasteiger partial charge in [-0.2, -0.15) is 0 Å². The van der Waals surface area contributed by atoms with Crippen molar-refractivity contribution in [3.05, 3.63) is 0 Å². The molecule has 2 amide bonds. The van der Waals surface area contributed by atoms with Gasteiger partial charge in [-0.3, -0.25) is 0 Å². The first-order valence-corrected chi connectivity index (χ1v) is 6.89. The van der Waals surface area contributed by atoms with Crippen molar-refractivity contribution in [1.29, 1.82) is 0 Å². The van der Waals surface area contributed by atoms with Gasteiger partial charge in [-0.05, 0) is 43.4 Å². The van der Waals surface area contributed by atoms with Gasteiger partial charge in [0.05, 0.1) is 6.54 Å². The Morgan fingerprint density at radius 2 is 1.68 bits per heavy atom. The maximum atomic E-state index is 11.6. The van der Waals surface area contributed by atoms with Gasteiger partial charge in [0.1, 0.15) is 0 Å². The van der Waals surface area contributed by atoms with Crippen LogP contribution in [-0.2, 0) is 9.53 Å². The number of nitrogens with one attached hydrogen (secondary N) is 2. The molecule has 2 aliphatic carbocycles. The molecule has 1 atom stereocenters. The van der Waals surface area contributed by atoms with Crippen LogP contribution in [0, 0.1) is 17.8 Å². The Kier molecular flexibility index (Phi) is 4.63. The molecule has 0 aromatic heterocycles. The predicted molar refractivity (Wildman–Crippen MR) is 68.8 cm³/mol. The standard InChI is InChI=1S/C13H22N2O4/c1-19-11(12(16)17)7-15-13(18)14-6-10(8-2-3-8)9-4-5-9/h8-11H,2-7H2,1H3,(H,16,17)(H2,14,15,18). The predicted octanol–water partition coefficient (Wildman–Crippen LogP) is 0.821. The molecular weight excluding hydrogens is 248 g/mol. The largest absolute Gasteiger partial charge is 0.479 e. The lowest BCUT2D eigenvalue weighted by molar-refractivity contribution is -0.147. The van der Waals surface area contributed by atoms with E-state index >= 15 is 0 Å². The van der Waals surface area contributed by atoms with Crippen molar-refractivity contribution in [2.75, 3.05) is 20.2 Å². The van der Waals surface area contributed by atoms with Crippen LogP contribution in [0.4, 0.5) is 4.79 Å². The molecular formula is C13H22N2O4. The van der Waals surface area contributed by atoms with Gasteiger partial charge < -0.3 is 20.5 Å². The van der Waals surface area contributed by atoms with Crippen LogP contribution >= 0.6 is 0 Å². The lowest BCUT2D eigenvalue weighted by atomic mass is 9.98. The van der Waals surface area contributed by atoms with Gasteiger partial charge in [0.2, 0.25) is 0 Å². The third-order valence-corrected chi connectivity index (χ3v) is 3.96. The number of hydrogen-bond acceptors (Lipinski definition) is 3. The summed E-state index contributed by atoms with van der Waals surface area (Å²) in [7, 11) is 1.31. The number of carbonyl (C=O) groups excluding carboxylic acids is 1. The zero-order valence-electron chi connectivity index (χ0n) is 11.2. The zero-order chi connectivity index (χ0) is 13.8. The second kappa shape index (κ2) is 6.23. The Hall–Kier alpha value is -1.30. The first kappa shape index (κ1) is 14.1. The molecule has 19 heavy (non-hydrogen) atoms. The van der Waals surface area contributed by atoms with Crippen LogP contribution < -0.4 is 10.6 Å². The van der Waals surface area contributed by atoms with Crippen molar-refractivity contribution < 1.29 is 19.4 Å². The highest BCUT2D eigenvalue weighted by Gasteiger charge is 2.41. The molecule has 6 heteroatoms. The number of urea groups is 1. The Balaban J connectivity index is 1.64. The van der Waals surface area contributed by atoms with Crippen LogP contribution in [0.2, 0.25) is 0 Å². The lowest BCUT2D eigenvalue weighted by Gasteiger charge is -2.17. The maximum Gasteiger partial charge on any atom is 0.334 e. The number of carboxylic acids is 1. The molecule has 0 aromatic rings. The van der Waals surface area contributed by atoms with Crippen LogP contribution in [0.1, 0.15) is 25.7 Å². The van der Waals surface area contributed by atoms with E-state index in [0.29, 0.717) is 12.5 Å². The summed E-state index contributed by atoms with van der Waals surface area (Å²) in [5.41, 5.74) is 0. The van der Waals surface area contributed by atoms with Crippen molar-refractivity contribution in [2.45, 2.75) is 31.8 Å². The van der Waals surface area contributed by atoms with E-state index in [0.717, 1.165) is 11.8 Å². The molecule has 108 valence electrons. The Labute approximate surface area is 112 Å². The molecule has 0 aromatic carbocycles. The van der Waals surface area contributed by atoms with Gasteiger partial charge in [-0.15, -0.1) is 0 Å². The number of amides is 2. The lowest BCUT2D eigenvalue weighted by Crippen LogP contribution is -2.44. The van der Waals surface area contributed by atoms with Crippen molar-refractivity contribution in [2.24, 2.45) is 17.8 Å². The van der Waals surface area contributed by atoms with E-state index in [-0.39, 0.29) is 12.6 Å². The minimum atomic E-state index is -1.07. The van der Waals surface area contributed by atoms with Crippen molar-refractivity contribution in [3.63, 3.8) is 0 Å². The quantitative estimate of drug-likeness (QED) is 0.609. The number of rotatable bonds is 8. The minimum absolute atomic E-state index is 0.0187. The maximum absolute atomic E-state index is 11.6. The normalized spacial score (nSPS) is 20.1. The van der Waals surface area contributed by atoms with Crippen LogP contribution in [-0.4, -0.2) is 43.4 Å². The number of carboxylic acid groups (broad SMARTS) is 1. The van der Waals surface area contributed by atoms with Gasteiger partial charge in [-0.25, -0.2) is 9.59 Å². The molecule has 1 unspecified atom stereocenters. The summed E-state index contributed by atoms with van der Waals surface area (Å²) in [6, 6.07) is -0.311. The minimum Gasteiger partial charge on any atom is -0.479 e. The zero-order valence-corrected chi connectivity index (χ0v) is 11.2. The highest BCUT2D eigenvalue weighted by molar-refractivity contribution is 5.76. The molecule has 0 saturated heterocycles. The summed E-state index contributed by atoms with van der Waals surface area (Å²) in [4.78, 5) is 22.3. The molecule has 3 N–H and O–H groups in total. The molecule has 0 heterocycles. The molecule has 2 aliphatic rings. The molecule has 0 radical (unpaired) electrons. The topological polar surface area (TPSA) is 87.7 Å². The van der Waals surface area contributed by atoms with E-state index in [1.807, 2.05) is 0 Å². The van der Waals surface area contributed by atoms with Crippen LogP contribution in [0.5, 0.6) is 0 Å². The highest BCUT2D eigenvalue weighted by Crippen LogP contribution is 2.48. The monoisotopic (exact) mass is 270 g/mol. The van der Waals surface area contributed by atoms with Crippen molar-refractivity contribution in [3.8, 4) is 0 Å². The fourth-order valence-corrected chi connectivity index (χ4v) is 2.50. The molecule has 2 fully saturated rings. The molecule has 0 spiro atoms. The van der Waals surface area contributed by atoms with Gasteiger partial charge >= 0.3 is 12.0 Å². The number of ether oxygens (including phenoxy) is 1. The summed E-state index contributed by atoms with van der Waals surface area (Å²) >= 11 is 0. The summed E-state index contributed by atoms with van der Waals surface area (Å²) < 4.78 is 4.74. The number of carbonyl (C=O) groups is 2. The van der Waals surface area contributed by atoms with E-state index in [1.54, 1.807) is 0 Å². The van der Waals surface area contributed by atoms with Gasteiger partial charge in [0.15, 0.2) is 6.10 Å². The summed E-state index contributed by atoms with van der Waals surface area (Å²) in [5, 5.41) is 14.1. The van der Waals surface area contributed by atoms with Crippen LogP contribution in [0.15, 0.2) is 0 Å². The van der Waals surface area contributed by atoms with E-state index in [9.17, 15) is 9.59 Å². The first-order chi connectivity index (χ1) is 9.11. The average molecular weight is 270 g/mol. The highest BCUT2D eigenvalue weighted by atomic mass is 16.5. The molecule has 0 aliphatic heterocycles. The van der Waals surface area contributed by atoms with Crippen LogP contribution in [0.3, 0.4) is 0 Å². The van der Waals surface area contributed by atoms with E-state index in [2.05, 4.69) is 10.6 Å². The molecule has 2 rings (SSSR count).